The molecule has 4 bridgehead atoms. The maximum atomic E-state index is 14.3. The minimum Gasteiger partial charge on any atom is -0.469 e. The van der Waals surface area contributed by atoms with Crippen molar-refractivity contribution in [2.75, 3.05) is 12.4 Å². The van der Waals surface area contributed by atoms with Gasteiger partial charge in [-0.3, -0.25) is 9.59 Å². The van der Waals surface area contributed by atoms with Gasteiger partial charge in [0.05, 0.1) is 7.11 Å². The lowest BCUT2D eigenvalue weighted by Gasteiger charge is -2.32. The van der Waals surface area contributed by atoms with E-state index < -0.39 is 40.6 Å². The van der Waals surface area contributed by atoms with Crippen molar-refractivity contribution in [3.05, 3.63) is 82.8 Å². The summed E-state index contributed by atoms with van der Waals surface area (Å²) in [5.41, 5.74) is 0.237. The zero-order chi connectivity index (χ0) is 34.9. The second kappa shape index (κ2) is 11.6. The molecule has 0 radical (unpaired) electrons. The number of hydrogen-bond acceptors (Lipinski definition) is 11. The van der Waals surface area contributed by atoms with Gasteiger partial charge in [0.1, 0.15) is 29.1 Å². The molecule has 2 aromatic heterocycles. The number of anilines is 1. The number of ketones is 1. The van der Waals surface area contributed by atoms with Crippen LogP contribution >= 0.6 is 0 Å². The summed E-state index contributed by atoms with van der Waals surface area (Å²) in [4.78, 5) is 49.6. The molecule has 2 aromatic carbocycles. The quantitative estimate of drug-likeness (QED) is 0.214. The van der Waals surface area contributed by atoms with Crippen LogP contribution in [0.5, 0.6) is 5.75 Å². The Bertz CT molecular complexity index is 1970. The lowest BCUT2D eigenvalue weighted by Crippen LogP contribution is -2.44. The molecule has 0 saturated heterocycles. The standard InChI is InChI=1S/C37H40N4O8/c1-7-36(45,8-2)26(42)17-20-15-19-13-14-25-22(16-19)37(21-11-9-10-12-23(21)39-34(37)48-25)29-27(31-38-24(18-47-31)33(44)46-6)40-32(49-29)28(35(3,4)5)41-30(20)43/h9-14,16,18,20,28,34,39,45H,7-8,15,17H2,1-6H3,(H,41,43)/t20?,28-,34?,37+/m1/s1. The number of aliphatic hydroxyl groups is 1. The van der Waals surface area contributed by atoms with Crippen LogP contribution in [0.3, 0.4) is 0 Å². The highest BCUT2D eigenvalue weighted by molar-refractivity contribution is 5.92. The molecular formula is C37H40N4O8. The number of esters is 1. The molecule has 0 aliphatic carbocycles. The Kier molecular flexibility index (Phi) is 7.70. The minimum atomic E-state index is -1.53. The van der Waals surface area contributed by atoms with E-state index in [0.717, 1.165) is 22.4 Å². The number of oxazole rings is 2. The first-order valence-electron chi connectivity index (χ1n) is 16.6. The largest absolute Gasteiger partial charge is 0.469 e. The number of Topliss-reactive ketones (excluding diaryl/α,β-unsaturated/α-hetero) is 1. The Morgan fingerprint density at radius 3 is 2.53 bits per heavy atom. The summed E-state index contributed by atoms with van der Waals surface area (Å²) in [5, 5.41) is 17.8. The molecule has 3 N–H and O–H groups in total. The van der Waals surface area contributed by atoms with Crippen LogP contribution in [0, 0.1) is 11.3 Å². The van der Waals surface area contributed by atoms with Crippen molar-refractivity contribution in [1.29, 1.82) is 0 Å². The lowest BCUT2D eigenvalue weighted by molar-refractivity contribution is -0.142. The van der Waals surface area contributed by atoms with E-state index in [-0.39, 0.29) is 60.5 Å². The fourth-order valence-corrected chi connectivity index (χ4v) is 7.32. The van der Waals surface area contributed by atoms with Crippen LogP contribution in [0.15, 0.2) is 57.6 Å². The summed E-state index contributed by atoms with van der Waals surface area (Å²) in [6.07, 6.45) is 1.13. The van der Waals surface area contributed by atoms with Crippen LogP contribution in [0.2, 0.25) is 0 Å². The zero-order valence-corrected chi connectivity index (χ0v) is 28.4. The highest BCUT2D eigenvalue weighted by atomic mass is 16.5. The van der Waals surface area contributed by atoms with E-state index in [1.165, 1.54) is 13.4 Å². The van der Waals surface area contributed by atoms with E-state index in [0.29, 0.717) is 11.5 Å². The van der Waals surface area contributed by atoms with Crippen LogP contribution in [0.25, 0.3) is 11.6 Å². The van der Waals surface area contributed by atoms with Gasteiger partial charge in [0.15, 0.2) is 29.2 Å². The number of nitrogens with one attached hydrogen (secondary N) is 2. The summed E-state index contributed by atoms with van der Waals surface area (Å²) in [6.45, 7) is 9.39. The van der Waals surface area contributed by atoms with Crippen molar-refractivity contribution >= 4 is 23.3 Å². The Labute approximate surface area is 283 Å². The predicted molar refractivity (Wildman–Crippen MR) is 177 cm³/mol. The number of aromatic nitrogens is 2. The number of nitrogens with zero attached hydrogens (tertiary/aromatic N) is 2. The molecule has 1 spiro atoms. The molecule has 12 heteroatoms. The normalized spacial score (nSPS) is 22.5. The smallest absolute Gasteiger partial charge is 0.360 e. The molecule has 3 aliphatic heterocycles. The van der Waals surface area contributed by atoms with Crippen molar-refractivity contribution < 1.29 is 37.8 Å². The third-order valence-electron chi connectivity index (χ3n) is 10.2. The van der Waals surface area contributed by atoms with Gasteiger partial charge in [-0.15, -0.1) is 0 Å². The van der Waals surface area contributed by atoms with Crippen LogP contribution in [-0.4, -0.2) is 51.7 Å². The SMILES string of the molecule is CCC(O)(CC)C(=O)CC1Cc2ccc3c(c2)[C@@]2(c4ccccc4NC2O3)c2oc(nc2-c2nc(C(=O)OC)co2)[C@H](C(C)(C)C)NC1=O. The third-order valence-corrected chi connectivity index (χ3v) is 10.2. The summed E-state index contributed by atoms with van der Waals surface area (Å²) in [5.74, 6) is -1.03. The monoisotopic (exact) mass is 668 g/mol. The average molecular weight is 669 g/mol. The van der Waals surface area contributed by atoms with Gasteiger partial charge in [-0.1, -0.05) is 65.0 Å². The molecule has 256 valence electrons. The van der Waals surface area contributed by atoms with E-state index in [4.69, 9.17) is 23.3 Å². The number of rotatable bonds is 7. The van der Waals surface area contributed by atoms with E-state index in [2.05, 4.69) is 15.6 Å². The van der Waals surface area contributed by atoms with E-state index >= 15 is 0 Å². The molecule has 4 aromatic rings. The van der Waals surface area contributed by atoms with Crippen molar-refractivity contribution in [3.63, 3.8) is 0 Å². The van der Waals surface area contributed by atoms with Gasteiger partial charge in [0, 0.05) is 23.6 Å². The predicted octanol–water partition coefficient (Wildman–Crippen LogP) is 5.48. The van der Waals surface area contributed by atoms with Gasteiger partial charge in [-0.25, -0.2) is 14.8 Å². The molecule has 3 aliphatic rings. The van der Waals surface area contributed by atoms with Crippen molar-refractivity contribution in [2.45, 2.75) is 83.6 Å². The summed E-state index contributed by atoms with van der Waals surface area (Å²) < 4.78 is 24.2. The maximum Gasteiger partial charge on any atom is 0.360 e. The molecule has 1 amide bonds. The second-order valence-electron chi connectivity index (χ2n) is 14.2. The molecule has 2 unspecified atom stereocenters. The van der Waals surface area contributed by atoms with Gasteiger partial charge < -0.3 is 34.0 Å². The topological polar surface area (TPSA) is 166 Å². The molecule has 0 fully saturated rings. The Balaban J connectivity index is 1.49. The number of hydrogen-bond donors (Lipinski definition) is 3. The number of ether oxygens (including phenoxy) is 2. The van der Waals surface area contributed by atoms with Crippen LogP contribution in [-0.2, 0) is 26.2 Å². The number of carbonyl (C=O) groups is 3. The van der Waals surface area contributed by atoms with Gasteiger partial charge >= 0.3 is 5.97 Å². The number of methoxy groups -OCH3 is 1. The van der Waals surface area contributed by atoms with Gasteiger partial charge in [0.2, 0.25) is 17.7 Å². The van der Waals surface area contributed by atoms with E-state index in [1.807, 2.05) is 63.2 Å². The van der Waals surface area contributed by atoms with E-state index in [1.54, 1.807) is 13.8 Å². The van der Waals surface area contributed by atoms with Crippen LogP contribution in [0.1, 0.15) is 98.8 Å². The summed E-state index contributed by atoms with van der Waals surface area (Å²) >= 11 is 0. The summed E-state index contributed by atoms with van der Waals surface area (Å²) in [6, 6.07) is 12.8. The first-order valence-corrected chi connectivity index (χ1v) is 16.6. The molecule has 7 rings (SSSR count). The van der Waals surface area contributed by atoms with Gasteiger partial charge in [0.25, 0.3) is 0 Å². The molecule has 12 nitrogen and oxygen atoms in total. The van der Waals surface area contributed by atoms with Gasteiger partial charge in [-0.2, -0.15) is 0 Å². The fourth-order valence-electron chi connectivity index (χ4n) is 7.32. The van der Waals surface area contributed by atoms with Gasteiger partial charge in [-0.05, 0) is 47.9 Å². The number of carbonyl (C=O) groups excluding carboxylic acids is 3. The first-order chi connectivity index (χ1) is 23.3. The Hall–Kier alpha value is -4.97. The van der Waals surface area contributed by atoms with Crippen molar-refractivity contribution in [1.82, 2.24) is 15.3 Å². The Morgan fingerprint density at radius 1 is 1.06 bits per heavy atom. The lowest BCUT2D eigenvalue weighted by atomic mass is 9.72. The molecule has 0 saturated carbocycles. The number of fused-ring (bicyclic) bond motifs is 4. The Morgan fingerprint density at radius 2 is 1.82 bits per heavy atom. The highest BCUT2D eigenvalue weighted by Gasteiger charge is 2.61. The molecular weight excluding hydrogens is 628 g/mol. The van der Waals surface area contributed by atoms with E-state index in [9.17, 15) is 19.5 Å². The van der Waals surface area contributed by atoms with Crippen LogP contribution < -0.4 is 15.4 Å². The molecule has 49 heavy (non-hydrogen) atoms. The minimum absolute atomic E-state index is 0.0308. The number of amides is 1. The van der Waals surface area contributed by atoms with Crippen molar-refractivity contribution in [3.8, 4) is 17.3 Å². The number of para-hydroxylation sites is 1. The molecule has 4 atom stereocenters. The second-order valence-corrected chi connectivity index (χ2v) is 14.2. The average Bonchev–Trinajstić information content (AvgIpc) is 3.86. The fraction of sp³-hybridized carbons (Fsp3) is 0.432. The number of benzene rings is 2. The third kappa shape index (κ3) is 5.03. The van der Waals surface area contributed by atoms with Crippen LogP contribution in [0.4, 0.5) is 5.69 Å². The molecule has 5 heterocycles. The first kappa shape index (κ1) is 32.6. The van der Waals surface area contributed by atoms with Crippen molar-refractivity contribution in [2.24, 2.45) is 11.3 Å². The zero-order valence-electron chi connectivity index (χ0n) is 28.4. The summed E-state index contributed by atoms with van der Waals surface area (Å²) in [7, 11) is 1.26. The highest BCUT2D eigenvalue weighted by Crippen LogP contribution is 2.59. The maximum absolute atomic E-state index is 14.3.